The molecule has 0 radical (unpaired) electrons. The van der Waals surface area contributed by atoms with Crippen molar-refractivity contribution in [3.63, 3.8) is 0 Å². The highest BCUT2D eigenvalue weighted by molar-refractivity contribution is 9.10. The molecule has 1 aliphatic rings. The fourth-order valence-corrected chi connectivity index (χ4v) is 4.19. The van der Waals surface area contributed by atoms with Gasteiger partial charge in [0, 0.05) is 10.7 Å². The molecule has 0 unspecified atom stereocenters. The standard InChI is InChI=1S/C22H12BrClN2O3/c23-13-5-3-4-12(10-13)19-18-20(27)15-6-1-2-7-16(15)29-21(18)22(28)26(19)17-9-8-14(24)11-25-17/h1-11,19H/t19-/m0/s1. The molecular weight excluding hydrogens is 456 g/mol. The van der Waals surface area contributed by atoms with E-state index in [0.717, 1.165) is 10.0 Å². The third-order valence-electron chi connectivity index (χ3n) is 4.90. The van der Waals surface area contributed by atoms with Crippen LogP contribution in [-0.2, 0) is 0 Å². The molecule has 0 bridgehead atoms. The number of pyridine rings is 1. The summed E-state index contributed by atoms with van der Waals surface area (Å²) in [6, 6.07) is 17.1. The smallest absolute Gasteiger partial charge is 0.296 e. The first-order chi connectivity index (χ1) is 14.0. The van der Waals surface area contributed by atoms with E-state index in [-0.39, 0.29) is 11.2 Å². The molecule has 3 heterocycles. The Morgan fingerprint density at radius 2 is 1.86 bits per heavy atom. The van der Waals surface area contributed by atoms with Crippen LogP contribution in [0.5, 0.6) is 0 Å². The van der Waals surface area contributed by atoms with Gasteiger partial charge in [0.2, 0.25) is 5.76 Å². The molecule has 5 nitrogen and oxygen atoms in total. The summed E-state index contributed by atoms with van der Waals surface area (Å²) in [5.74, 6) is 0.0114. The summed E-state index contributed by atoms with van der Waals surface area (Å²) in [6.45, 7) is 0. The average Bonchev–Trinajstić information content (AvgIpc) is 3.02. The lowest BCUT2D eigenvalue weighted by Crippen LogP contribution is -2.30. The topological polar surface area (TPSA) is 63.4 Å². The molecule has 29 heavy (non-hydrogen) atoms. The predicted molar refractivity (Wildman–Crippen MR) is 115 cm³/mol. The minimum Gasteiger partial charge on any atom is -0.450 e. The predicted octanol–water partition coefficient (Wildman–Crippen LogP) is 5.35. The van der Waals surface area contributed by atoms with Crippen LogP contribution in [0.25, 0.3) is 11.0 Å². The van der Waals surface area contributed by atoms with Crippen LogP contribution in [0.1, 0.15) is 27.7 Å². The summed E-state index contributed by atoms with van der Waals surface area (Å²) in [7, 11) is 0. The maximum absolute atomic E-state index is 13.4. The number of hydrogen-bond donors (Lipinski definition) is 0. The lowest BCUT2D eigenvalue weighted by atomic mass is 9.98. The molecule has 0 N–H and O–H groups in total. The Morgan fingerprint density at radius 3 is 2.62 bits per heavy atom. The van der Waals surface area contributed by atoms with Crippen molar-refractivity contribution in [3.05, 3.63) is 103 Å². The minimum atomic E-state index is -0.662. The van der Waals surface area contributed by atoms with Gasteiger partial charge in [-0.1, -0.05) is 51.8 Å². The van der Waals surface area contributed by atoms with Gasteiger partial charge in [0.1, 0.15) is 11.4 Å². The van der Waals surface area contributed by atoms with Crippen molar-refractivity contribution in [2.24, 2.45) is 0 Å². The van der Waals surface area contributed by atoms with Crippen molar-refractivity contribution in [3.8, 4) is 0 Å². The quantitative estimate of drug-likeness (QED) is 0.398. The highest BCUT2D eigenvalue weighted by Gasteiger charge is 2.44. The van der Waals surface area contributed by atoms with Crippen LogP contribution in [0.3, 0.4) is 0 Å². The lowest BCUT2D eigenvalue weighted by Gasteiger charge is -2.24. The number of anilines is 1. The summed E-state index contributed by atoms with van der Waals surface area (Å²) in [4.78, 5) is 32.5. The Bertz CT molecular complexity index is 1330. The largest absolute Gasteiger partial charge is 0.450 e. The van der Waals surface area contributed by atoms with Gasteiger partial charge in [-0.25, -0.2) is 4.98 Å². The molecular formula is C22H12BrClN2O3. The summed E-state index contributed by atoms with van der Waals surface area (Å²) >= 11 is 9.44. The Hall–Kier alpha value is -2.96. The molecule has 1 aliphatic heterocycles. The molecule has 1 atom stereocenters. The molecule has 1 amide bonds. The summed E-state index contributed by atoms with van der Waals surface area (Å²) in [5.41, 5.74) is 1.23. The third kappa shape index (κ3) is 2.87. The van der Waals surface area contributed by atoms with E-state index in [4.69, 9.17) is 16.0 Å². The molecule has 2 aromatic heterocycles. The second-order valence-electron chi connectivity index (χ2n) is 6.64. The van der Waals surface area contributed by atoms with E-state index < -0.39 is 11.9 Å². The SMILES string of the molecule is O=C1c2oc3ccccc3c(=O)c2[C@H](c2cccc(Br)c2)N1c1ccc(Cl)cn1. The summed E-state index contributed by atoms with van der Waals surface area (Å²) in [6.07, 6.45) is 1.47. The van der Waals surface area contributed by atoms with E-state index in [9.17, 15) is 9.59 Å². The fraction of sp³-hybridized carbons (Fsp3) is 0.0455. The van der Waals surface area contributed by atoms with Gasteiger partial charge in [-0.2, -0.15) is 0 Å². The number of benzene rings is 2. The number of carbonyl (C=O) groups is 1. The van der Waals surface area contributed by atoms with Gasteiger partial charge < -0.3 is 4.42 Å². The highest BCUT2D eigenvalue weighted by Crippen LogP contribution is 2.41. The van der Waals surface area contributed by atoms with Gasteiger partial charge in [0.15, 0.2) is 5.43 Å². The van der Waals surface area contributed by atoms with E-state index in [2.05, 4.69) is 20.9 Å². The van der Waals surface area contributed by atoms with Crippen molar-refractivity contribution >= 4 is 50.2 Å². The first-order valence-electron chi connectivity index (χ1n) is 8.81. The molecule has 0 aliphatic carbocycles. The number of amides is 1. The number of rotatable bonds is 2. The molecule has 4 aromatic rings. The van der Waals surface area contributed by atoms with Crippen LogP contribution in [0.2, 0.25) is 5.02 Å². The van der Waals surface area contributed by atoms with E-state index in [1.807, 2.05) is 24.3 Å². The Morgan fingerprint density at radius 1 is 1.03 bits per heavy atom. The molecule has 5 rings (SSSR count). The van der Waals surface area contributed by atoms with Crippen LogP contribution < -0.4 is 10.3 Å². The number of nitrogens with zero attached hydrogens (tertiary/aromatic N) is 2. The third-order valence-corrected chi connectivity index (χ3v) is 5.62. The van der Waals surface area contributed by atoms with E-state index in [1.165, 1.54) is 11.1 Å². The maximum Gasteiger partial charge on any atom is 0.296 e. The number of carbonyl (C=O) groups excluding carboxylic acids is 1. The van der Waals surface area contributed by atoms with Crippen LogP contribution >= 0.6 is 27.5 Å². The Balaban J connectivity index is 1.82. The van der Waals surface area contributed by atoms with E-state index in [1.54, 1.807) is 36.4 Å². The zero-order chi connectivity index (χ0) is 20.1. The van der Waals surface area contributed by atoms with Crippen molar-refractivity contribution in [2.45, 2.75) is 6.04 Å². The van der Waals surface area contributed by atoms with Crippen LogP contribution in [0, 0.1) is 0 Å². The first kappa shape index (κ1) is 18.1. The number of hydrogen-bond acceptors (Lipinski definition) is 4. The van der Waals surface area contributed by atoms with Crippen molar-refractivity contribution in [2.75, 3.05) is 4.90 Å². The molecule has 0 saturated carbocycles. The van der Waals surface area contributed by atoms with Gasteiger partial charge in [0.05, 0.1) is 22.0 Å². The van der Waals surface area contributed by atoms with E-state index >= 15 is 0 Å². The second-order valence-corrected chi connectivity index (χ2v) is 7.99. The number of fused-ring (bicyclic) bond motifs is 2. The normalized spacial score (nSPS) is 15.7. The van der Waals surface area contributed by atoms with Gasteiger partial charge in [-0.3, -0.25) is 14.5 Å². The molecule has 0 fully saturated rings. The van der Waals surface area contributed by atoms with Crippen LogP contribution in [0.15, 0.2) is 80.5 Å². The van der Waals surface area contributed by atoms with Crippen molar-refractivity contribution < 1.29 is 9.21 Å². The highest BCUT2D eigenvalue weighted by atomic mass is 79.9. The zero-order valence-electron chi connectivity index (χ0n) is 14.8. The minimum absolute atomic E-state index is 0.0374. The number of aromatic nitrogens is 1. The average molecular weight is 468 g/mol. The molecule has 142 valence electrons. The van der Waals surface area contributed by atoms with Crippen molar-refractivity contribution in [1.29, 1.82) is 0 Å². The lowest BCUT2D eigenvalue weighted by molar-refractivity contribution is 0.0970. The van der Waals surface area contributed by atoms with Gasteiger partial charge in [-0.05, 0) is 42.0 Å². The maximum atomic E-state index is 13.4. The fourth-order valence-electron chi connectivity index (χ4n) is 3.66. The van der Waals surface area contributed by atoms with Crippen LogP contribution in [-0.4, -0.2) is 10.9 Å². The molecule has 0 spiro atoms. The number of para-hydroxylation sites is 1. The molecule has 2 aromatic carbocycles. The zero-order valence-corrected chi connectivity index (χ0v) is 17.1. The molecule has 0 saturated heterocycles. The van der Waals surface area contributed by atoms with Crippen molar-refractivity contribution in [1.82, 2.24) is 4.98 Å². The monoisotopic (exact) mass is 466 g/mol. The Kier molecular flexibility index (Phi) is 4.26. The van der Waals surface area contributed by atoms with E-state index in [0.29, 0.717) is 27.4 Å². The number of halogens is 2. The van der Waals surface area contributed by atoms with Gasteiger partial charge in [0.25, 0.3) is 5.91 Å². The first-order valence-corrected chi connectivity index (χ1v) is 9.98. The van der Waals surface area contributed by atoms with Gasteiger partial charge in [-0.15, -0.1) is 0 Å². The molecule has 7 heteroatoms. The van der Waals surface area contributed by atoms with Crippen LogP contribution in [0.4, 0.5) is 5.82 Å². The summed E-state index contributed by atoms with van der Waals surface area (Å²) in [5, 5.41) is 0.891. The second kappa shape index (κ2) is 6.83. The van der Waals surface area contributed by atoms with Gasteiger partial charge >= 0.3 is 0 Å². The summed E-state index contributed by atoms with van der Waals surface area (Å²) < 4.78 is 6.74. The Labute approximate surface area is 178 Å².